The van der Waals surface area contributed by atoms with Gasteiger partial charge in [-0.3, -0.25) is 14.2 Å². The number of hydrogen-bond acceptors (Lipinski definition) is 12. The molecule has 0 aliphatic rings. The van der Waals surface area contributed by atoms with Gasteiger partial charge in [0.25, 0.3) is 20.0 Å². The van der Waals surface area contributed by atoms with Gasteiger partial charge in [-0.2, -0.15) is 0 Å². The number of esters is 1. The van der Waals surface area contributed by atoms with Gasteiger partial charge in [0.1, 0.15) is 0 Å². The molecule has 4 rings (SSSR count). The third-order valence-corrected chi connectivity index (χ3v) is 13.1. The second-order valence-electron chi connectivity index (χ2n) is 10.6. The van der Waals surface area contributed by atoms with E-state index in [1.807, 2.05) is 13.8 Å². The summed E-state index contributed by atoms with van der Waals surface area (Å²) in [6.07, 6.45) is 4.05. The molecule has 19 heteroatoms. The molecule has 0 unspecified atom stereocenters. The van der Waals surface area contributed by atoms with Gasteiger partial charge in [0.05, 0.1) is 23.0 Å². The van der Waals surface area contributed by atoms with E-state index in [2.05, 4.69) is 19.4 Å². The first-order valence-corrected chi connectivity index (χ1v) is 21.0. The van der Waals surface area contributed by atoms with Gasteiger partial charge < -0.3 is 14.4 Å². The van der Waals surface area contributed by atoms with Crippen LogP contribution < -0.4 is 9.44 Å². The fraction of sp³-hybridized carbons (Fsp3) is 0.375. The molecule has 2 heterocycles. The van der Waals surface area contributed by atoms with Crippen LogP contribution >= 0.6 is 45.9 Å². The highest BCUT2D eigenvalue weighted by molar-refractivity contribution is 7.93. The van der Waals surface area contributed by atoms with Gasteiger partial charge in [-0.15, -0.1) is 22.7 Å². The van der Waals surface area contributed by atoms with Crippen molar-refractivity contribution in [3.05, 3.63) is 79.7 Å². The number of hydrogen-bond donors (Lipinski definition) is 2. The summed E-state index contributed by atoms with van der Waals surface area (Å²) in [6.45, 7) is 10.4. The maximum absolute atomic E-state index is 12.6. The Hall–Kier alpha value is -3.48. The minimum Gasteiger partial charge on any atom is -0.465 e. The average Bonchev–Trinajstić information content (AvgIpc) is 3.72. The molecule has 0 bridgehead atoms. The van der Waals surface area contributed by atoms with Crippen LogP contribution in [0, 0.1) is 13.8 Å². The number of anilines is 2. The van der Waals surface area contributed by atoms with Crippen LogP contribution in [0.2, 0.25) is 10.0 Å². The zero-order valence-corrected chi connectivity index (χ0v) is 33.3. The molecule has 278 valence electrons. The largest absolute Gasteiger partial charge is 0.465 e. The molecule has 51 heavy (non-hydrogen) atoms. The highest BCUT2D eigenvalue weighted by Crippen LogP contribution is 2.28. The van der Waals surface area contributed by atoms with Crippen LogP contribution in [-0.2, 0) is 47.2 Å². The molecule has 0 radical (unpaired) electrons. The Bertz CT molecular complexity index is 2020. The quantitative estimate of drug-likeness (QED) is 0.116. The number of amides is 1. The predicted molar refractivity (Wildman–Crippen MR) is 201 cm³/mol. The number of rotatable bonds is 15. The van der Waals surface area contributed by atoms with Gasteiger partial charge in [-0.25, -0.2) is 31.6 Å². The van der Waals surface area contributed by atoms with Crippen LogP contribution in [0.15, 0.2) is 58.6 Å². The third-order valence-electron chi connectivity index (χ3n) is 7.06. The maximum Gasteiger partial charge on any atom is 0.409 e. The van der Waals surface area contributed by atoms with Crippen molar-refractivity contribution in [1.82, 2.24) is 14.9 Å². The van der Waals surface area contributed by atoms with E-state index in [0.717, 1.165) is 9.75 Å². The van der Waals surface area contributed by atoms with Crippen molar-refractivity contribution in [3.8, 4) is 0 Å². The first kappa shape index (κ1) is 41.9. The van der Waals surface area contributed by atoms with Gasteiger partial charge in [0, 0.05) is 64.5 Å². The molecule has 2 N–H and O–H groups in total. The van der Waals surface area contributed by atoms with E-state index in [0.29, 0.717) is 53.5 Å². The van der Waals surface area contributed by atoms with E-state index >= 15 is 0 Å². The zero-order chi connectivity index (χ0) is 37.8. The monoisotopic (exact) mass is 819 g/mol. The molecule has 4 aromatic rings. The first-order chi connectivity index (χ1) is 24.1. The van der Waals surface area contributed by atoms with Crippen molar-refractivity contribution in [2.45, 2.75) is 63.7 Å². The Morgan fingerprint density at radius 3 is 1.59 bits per heavy atom. The predicted octanol–water partition coefficient (Wildman–Crippen LogP) is 7.33. The van der Waals surface area contributed by atoms with Crippen LogP contribution in [0.5, 0.6) is 0 Å². The van der Waals surface area contributed by atoms with Crippen LogP contribution in [0.4, 0.5) is 15.1 Å². The maximum atomic E-state index is 12.6. The average molecular weight is 821 g/mol. The summed E-state index contributed by atoms with van der Waals surface area (Å²) in [5.41, 5.74) is 0.960. The highest BCUT2D eigenvalue weighted by atomic mass is 35.5. The van der Waals surface area contributed by atoms with Gasteiger partial charge >= 0.3 is 12.1 Å². The number of carbonyl (C=O) groups excluding carboxylic acids is 2. The summed E-state index contributed by atoms with van der Waals surface area (Å²) < 4.78 is 65.1. The summed E-state index contributed by atoms with van der Waals surface area (Å²) >= 11 is 14.4. The summed E-state index contributed by atoms with van der Waals surface area (Å²) in [5, 5.41) is 1.27. The summed E-state index contributed by atoms with van der Waals surface area (Å²) in [6, 6.07) is 9.42. The van der Waals surface area contributed by atoms with E-state index in [-0.39, 0.29) is 45.3 Å². The Morgan fingerprint density at radius 2 is 1.18 bits per heavy atom. The van der Waals surface area contributed by atoms with Crippen molar-refractivity contribution >= 4 is 88.2 Å². The van der Waals surface area contributed by atoms with Gasteiger partial charge in [0.15, 0.2) is 10.3 Å². The van der Waals surface area contributed by atoms with Crippen LogP contribution in [0.1, 0.15) is 48.1 Å². The van der Waals surface area contributed by atoms with Gasteiger partial charge in [0.2, 0.25) is 0 Å². The molecule has 0 spiro atoms. The van der Waals surface area contributed by atoms with Gasteiger partial charge in [-0.1, -0.05) is 42.3 Å². The van der Waals surface area contributed by atoms with E-state index in [4.69, 9.17) is 32.7 Å². The second-order valence-corrected chi connectivity index (χ2v) is 16.9. The molecule has 13 nitrogen and oxygen atoms in total. The fourth-order valence-electron chi connectivity index (χ4n) is 4.22. The van der Waals surface area contributed by atoms with E-state index in [1.165, 1.54) is 34.8 Å². The molecule has 2 aromatic heterocycles. The Morgan fingerprint density at radius 1 is 0.745 bits per heavy atom. The van der Waals surface area contributed by atoms with Crippen molar-refractivity contribution < 1.29 is 35.9 Å². The molecule has 0 saturated carbocycles. The van der Waals surface area contributed by atoms with Crippen LogP contribution in [-0.4, -0.2) is 70.1 Å². The highest BCUT2D eigenvalue weighted by Gasteiger charge is 2.21. The molecular weight excluding hydrogens is 782 g/mol. The number of carbonyl (C=O) groups is 2. The number of ether oxygens (including phenoxy) is 2. The van der Waals surface area contributed by atoms with Crippen molar-refractivity contribution in [3.63, 3.8) is 0 Å². The molecule has 0 fully saturated rings. The Balaban J connectivity index is 0.000000277. The first-order valence-electron chi connectivity index (χ1n) is 15.6. The fourth-order valence-corrected chi connectivity index (χ4v) is 9.29. The minimum atomic E-state index is -3.78. The van der Waals surface area contributed by atoms with E-state index < -0.39 is 20.0 Å². The molecular formula is C32H39Cl2N5O8S4. The SMILES string of the molecule is CCC(=O)OCCc1cnc(NS(=O)(=O)c2cccc(Cl)c2C)s1.CCN(CC)C(=O)OCCc1cnc(NS(=O)(=O)c2cccc(Cl)c2C)s1. The lowest BCUT2D eigenvalue weighted by Gasteiger charge is -2.17. The summed E-state index contributed by atoms with van der Waals surface area (Å²) in [5.74, 6) is -0.267. The lowest BCUT2D eigenvalue weighted by atomic mass is 10.2. The summed E-state index contributed by atoms with van der Waals surface area (Å²) in [4.78, 5) is 34.4. The zero-order valence-electron chi connectivity index (χ0n) is 28.6. The van der Waals surface area contributed by atoms with E-state index in [9.17, 15) is 26.4 Å². The van der Waals surface area contributed by atoms with Gasteiger partial charge in [-0.05, 0) is 63.1 Å². The summed E-state index contributed by atoms with van der Waals surface area (Å²) in [7, 11) is -7.55. The molecule has 0 aliphatic heterocycles. The van der Waals surface area contributed by atoms with Crippen molar-refractivity contribution in [1.29, 1.82) is 0 Å². The molecule has 2 aromatic carbocycles. The standard InChI is InChI=1S/C17H22ClN3O4S2.C15H17ClN2O4S2/c1-4-21(5-2)17(22)25-10-9-13-11-19-16(26-13)20-27(23,24)15-8-6-7-14(18)12(15)3;1-3-14(19)22-8-7-11-9-17-15(23-11)18-24(20,21)13-6-4-5-12(16)10(13)2/h6-8,11H,4-5,9-10H2,1-3H3,(H,19,20);4-6,9H,3,7-8H2,1-2H3,(H,17,18). The number of aromatic nitrogens is 2. The topological polar surface area (TPSA) is 174 Å². The van der Waals surface area contributed by atoms with Crippen LogP contribution in [0.25, 0.3) is 0 Å². The number of sulfonamides is 2. The number of thiazole rings is 2. The number of halogens is 2. The normalized spacial score (nSPS) is 11.3. The van der Waals surface area contributed by atoms with Crippen molar-refractivity contribution in [2.24, 2.45) is 0 Å². The molecule has 0 aliphatic carbocycles. The lowest BCUT2D eigenvalue weighted by molar-refractivity contribution is -0.143. The molecule has 1 amide bonds. The van der Waals surface area contributed by atoms with Crippen LogP contribution in [0.3, 0.4) is 0 Å². The smallest absolute Gasteiger partial charge is 0.409 e. The number of nitrogens with zero attached hydrogens (tertiary/aromatic N) is 3. The second kappa shape index (κ2) is 19.4. The Kier molecular flexibility index (Phi) is 15.9. The molecule has 0 atom stereocenters. The minimum absolute atomic E-state index is 0.111. The van der Waals surface area contributed by atoms with E-state index in [1.54, 1.807) is 62.3 Å². The third kappa shape index (κ3) is 12.3. The lowest BCUT2D eigenvalue weighted by Crippen LogP contribution is -2.31. The molecule has 0 saturated heterocycles. The van der Waals surface area contributed by atoms with Crippen molar-refractivity contribution in [2.75, 3.05) is 35.7 Å². The number of benzene rings is 2. The Labute approximate surface area is 316 Å². The number of nitrogens with one attached hydrogen (secondary N) is 2.